The molecule has 0 aliphatic carbocycles. The summed E-state index contributed by atoms with van der Waals surface area (Å²) >= 11 is 0. The number of ether oxygens (including phenoxy) is 1. The number of alkyl halides is 3. The van der Waals surface area contributed by atoms with Crippen LogP contribution in [-0.2, 0) is 0 Å². The van der Waals surface area contributed by atoms with E-state index in [1.54, 1.807) is 24.7 Å². The van der Waals surface area contributed by atoms with Crippen molar-refractivity contribution in [2.75, 3.05) is 6.54 Å². The van der Waals surface area contributed by atoms with E-state index in [0.717, 1.165) is 30.8 Å². The van der Waals surface area contributed by atoms with Crippen molar-refractivity contribution in [3.05, 3.63) is 42.5 Å². The molecule has 1 atom stereocenters. The predicted molar refractivity (Wildman–Crippen MR) is 70.2 cm³/mol. The lowest BCUT2D eigenvalue weighted by Crippen LogP contribution is -2.17. The van der Waals surface area contributed by atoms with Gasteiger partial charge in [0, 0.05) is 11.7 Å². The van der Waals surface area contributed by atoms with Crippen molar-refractivity contribution < 1.29 is 17.9 Å². The van der Waals surface area contributed by atoms with Gasteiger partial charge in [0.05, 0.1) is 18.2 Å². The minimum Gasteiger partial charge on any atom is -0.406 e. The Morgan fingerprint density at radius 2 is 2.00 bits per heavy atom. The van der Waals surface area contributed by atoms with Crippen LogP contribution in [0.2, 0.25) is 0 Å². The monoisotopic (exact) mass is 297 g/mol. The molecule has 0 saturated carbocycles. The highest BCUT2D eigenvalue weighted by Gasteiger charge is 2.31. The maximum absolute atomic E-state index is 12.1. The quantitative estimate of drug-likeness (QED) is 0.945. The molecule has 1 aromatic heterocycles. The average molecular weight is 297 g/mol. The van der Waals surface area contributed by atoms with Crippen LogP contribution < -0.4 is 10.1 Å². The molecule has 1 fully saturated rings. The number of halogens is 3. The van der Waals surface area contributed by atoms with Gasteiger partial charge in [0.1, 0.15) is 5.75 Å². The molecule has 3 rings (SSSR count). The highest BCUT2D eigenvalue weighted by Crippen LogP contribution is 2.27. The third-order valence-corrected chi connectivity index (χ3v) is 3.43. The summed E-state index contributed by atoms with van der Waals surface area (Å²) in [6.07, 6.45) is 0.905. The first kappa shape index (κ1) is 13.9. The van der Waals surface area contributed by atoms with E-state index in [1.807, 2.05) is 4.57 Å². The van der Waals surface area contributed by atoms with Crippen molar-refractivity contribution in [1.82, 2.24) is 14.9 Å². The van der Waals surface area contributed by atoms with E-state index in [9.17, 15) is 13.2 Å². The van der Waals surface area contributed by atoms with Crippen LogP contribution in [0, 0.1) is 0 Å². The Labute approximate surface area is 119 Å². The van der Waals surface area contributed by atoms with Crippen LogP contribution in [0.15, 0.2) is 36.8 Å². The first-order chi connectivity index (χ1) is 10.0. The summed E-state index contributed by atoms with van der Waals surface area (Å²) in [6, 6.07) is 6.00. The zero-order chi connectivity index (χ0) is 14.9. The van der Waals surface area contributed by atoms with E-state index in [0.29, 0.717) is 0 Å². The molecule has 1 N–H and O–H groups in total. The number of hydrogen-bond acceptors (Lipinski definition) is 3. The molecule has 1 aromatic carbocycles. The minimum absolute atomic E-state index is 0.230. The summed E-state index contributed by atoms with van der Waals surface area (Å²) in [6.45, 7) is 0.966. The highest BCUT2D eigenvalue weighted by molar-refractivity contribution is 5.39. The molecule has 112 valence electrons. The van der Waals surface area contributed by atoms with Gasteiger partial charge in [-0.25, -0.2) is 4.98 Å². The van der Waals surface area contributed by atoms with Gasteiger partial charge >= 0.3 is 6.36 Å². The number of hydrogen-bond donors (Lipinski definition) is 1. The first-order valence-corrected chi connectivity index (χ1v) is 6.65. The van der Waals surface area contributed by atoms with E-state index < -0.39 is 6.36 Å². The fourth-order valence-corrected chi connectivity index (χ4v) is 2.52. The number of nitrogens with one attached hydrogen (secondary N) is 1. The molecule has 1 aliphatic rings. The second kappa shape index (κ2) is 5.40. The van der Waals surface area contributed by atoms with E-state index in [4.69, 9.17) is 0 Å². The van der Waals surface area contributed by atoms with Gasteiger partial charge in [-0.05, 0) is 43.7 Å². The molecule has 1 aliphatic heterocycles. The summed E-state index contributed by atoms with van der Waals surface area (Å²) in [5, 5.41) is 3.38. The lowest BCUT2D eigenvalue weighted by molar-refractivity contribution is -0.274. The standard InChI is InChI=1S/C14H14F3N3O/c15-14(16,17)21-11-5-3-10(4-6-11)20-9-18-8-13(20)12-2-1-7-19-12/h3-6,8-9,12,19H,1-2,7H2. The fraction of sp³-hybridized carbons (Fsp3) is 0.357. The molecule has 0 spiro atoms. The second-order valence-electron chi connectivity index (χ2n) is 4.88. The molecule has 2 heterocycles. The van der Waals surface area contributed by atoms with Gasteiger partial charge in [0.15, 0.2) is 0 Å². The average Bonchev–Trinajstić information content (AvgIpc) is 3.08. The fourth-order valence-electron chi connectivity index (χ4n) is 2.52. The third kappa shape index (κ3) is 3.18. The van der Waals surface area contributed by atoms with Crippen LogP contribution in [-0.4, -0.2) is 22.5 Å². The van der Waals surface area contributed by atoms with Crippen LogP contribution in [0.4, 0.5) is 13.2 Å². The lowest BCUT2D eigenvalue weighted by Gasteiger charge is -2.14. The molecule has 1 unspecified atom stereocenters. The molecule has 0 amide bonds. The van der Waals surface area contributed by atoms with Gasteiger partial charge in [0.2, 0.25) is 0 Å². The Bertz CT molecular complexity index is 601. The van der Waals surface area contributed by atoms with Crippen molar-refractivity contribution in [3.63, 3.8) is 0 Å². The summed E-state index contributed by atoms with van der Waals surface area (Å²) in [5.41, 5.74) is 1.77. The summed E-state index contributed by atoms with van der Waals surface area (Å²) in [7, 11) is 0. The first-order valence-electron chi connectivity index (χ1n) is 6.65. The van der Waals surface area contributed by atoms with Gasteiger partial charge < -0.3 is 14.6 Å². The number of rotatable bonds is 3. The van der Waals surface area contributed by atoms with Crippen LogP contribution in [0.5, 0.6) is 5.75 Å². The highest BCUT2D eigenvalue weighted by atomic mass is 19.4. The minimum atomic E-state index is -4.67. The van der Waals surface area contributed by atoms with E-state index in [2.05, 4.69) is 15.0 Å². The Balaban J connectivity index is 1.83. The maximum Gasteiger partial charge on any atom is 0.573 e. The van der Waals surface area contributed by atoms with E-state index in [-0.39, 0.29) is 11.8 Å². The van der Waals surface area contributed by atoms with Crippen molar-refractivity contribution in [2.45, 2.75) is 25.2 Å². The van der Waals surface area contributed by atoms with E-state index >= 15 is 0 Å². The number of imidazole rings is 1. The molecular weight excluding hydrogens is 283 g/mol. The molecular formula is C14H14F3N3O. The topological polar surface area (TPSA) is 39.1 Å². The van der Waals surface area contributed by atoms with Crippen molar-refractivity contribution in [3.8, 4) is 11.4 Å². The predicted octanol–water partition coefficient (Wildman–Crippen LogP) is 3.20. The maximum atomic E-state index is 12.1. The molecule has 0 radical (unpaired) electrons. The summed E-state index contributed by atoms with van der Waals surface area (Å²) in [4.78, 5) is 4.14. The SMILES string of the molecule is FC(F)(F)Oc1ccc(-n2cncc2C2CCCN2)cc1. The Hall–Kier alpha value is -2.02. The van der Waals surface area contributed by atoms with Gasteiger partial charge in [-0.3, -0.25) is 0 Å². The van der Waals surface area contributed by atoms with Gasteiger partial charge in [-0.15, -0.1) is 13.2 Å². The van der Waals surface area contributed by atoms with E-state index in [1.165, 1.54) is 12.1 Å². The number of nitrogens with zero attached hydrogens (tertiary/aromatic N) is 2. The zero-order valence-corrected chi connectivity index (χ0v) is 11.1. The van der Waals surface area contributed by atoms with Crippen LogP contribution in [0.1, 0.15) is 24.6 Å². The Morgan fingerprint density at radius 3 is 2.62 bits per heavy atom. The normalized spacial score (nSPS) is 18.9. The molecule has 21 heavy (non-hydrogen) atoms. The Kier molecular flexibility index (Phi) is 3.59. The third-order valence-electron chi connectivity index (χ3n) is 3.43. The molecule has 0 bridgehead atoms. The Morgan fingerprint density at radius 1 is 1.24 bits per heavy atom. The molecule has 4 nitrogen and oxygen atoms in total. The lowest BCUT2D eigenvalue weighted by atomic mass is 10.1. The van der Waals surface area contributed by atoms with Crippen LogP contribution in [0.25, 0.3) is 5.69 Å². The largest absolute Gasteiger partial charge is 0.573 e. The van der Waals surface area contributed by atoms with Crippen LogP contribution >= 0.6 is 0 Å². The van der Waals surface area contributed by atoms with Crippen LogP contribution in [0.3, 0.4) is 0 Å². The van der Waals surface area contributed by atoms with Gasteiger partial charge in [-0.1, -0.05) is 0 Å². The van der Waals surface area contributed by atoms with Crippen molar-refractivity contribution >= 4 is 0 Å². The van der Waals surface area contributed by atoms with Gasteiger partial charge in [0.25, 0.3) is 0 Å². The second-order valence-corrected chi connectivity index (χ2v) is 4.88. The van der Waals surface area contributed by atoms with Gasteiger partial charge in [-0.2, -0.15) is 0 Å². The number of aromatic nitrogens is 2. The smallest absolute Gasteiger partial charge is 0.406 e. The molecule has 2 aromatic rings. The summed E-state index contributed by atoms with van der Waals surface area (Å²) in [5.74, 6) is -0.230. The van der Waals surface area contributed by atoms with Crippen molar-refractivity contribution in [1.29, 1.82) is 0 Å². The van der Waals surface area contributed by atoms with Crippen molar-refractivity contribution in [2.24, 2.45) is 0 Å². The zero-order valence-electron chi connectivity index (χ0n) is 11.1. The molecule has 1 saturated heterocycles. The summed E-state index contributed by atoms with van der Waals surface area (Å²) < 4.78 is 42.2. The molecule has 7 heteroatoms. The number of benzene rings is 1.